The fraction of sp³-hybridized carbons (Fsp3) is 0.281. The van der Waals surface area contributed by atoms with Crippen LogP contribution in [0.3, 0.4) is 0 Å². The number of hydrogen-bond donors (Lipinski definition) is 1. The Balaban J connectivity index is 1.48. The lowest BCUT2D eigenvalue weighted by molar-refractivity contribution is 0.354. The van der Waals surface area contributed by atoms with Gasteiger partial charge in [0, 0.05) is 25.2 Å². The molecule has 0 amide bonds. The summed E-state index contributed by atoms with van der Waals surface area (Å²) in [6.07, 6.45) is 5.37. The van der Waals surface area contributed by atoms with Gasteiger partial charge < -0.3 is 19.5 Å². The number of benzene rings is 2. The number of hydrogen-bond acceptors (Lipinski definition) is 9. The second kappa shape index (κ2) is 13.0. The molecule has 1 aliphatic rings. The lowest BCUT2D eigenvalue weighted by Gasteiger charge is -2.10. The van der Waals surface area contributed by atoms with Crippen molar-refractivity contribution in [2.24, 2.45) is 10.9 Å². The largest absolute Gasteiger partial charge is 0.497 e. The van der Waals surface area contributed by atoms with Crippen molar-refractivity contribution in [2.75, 3.05) is 26.6 Å². The summed E-state index contributed by atoms with van der Waals surface area (Å²) in [6.45, 7) is 4.52. The normalized spacial score (nSPS) is 14.0. The molecule has 2 aromatic carbocycles. The number of rotatable bonds is 9. The maximum Gasteiger partial charge on any atom is 0.243 e. The van der Waals surface area contributed by atoms with Gasteiger partial charge in [-0.1, -0.05) is 25.1 Å². The Labute approximate surface area is 245 Å². The fourth-order valence-electron chi connectivity index (χ4n) is 4.44. The molecule has 42 heavy (non-hydrogen) atoms. The lowest BCUT2D eigenvalue weighted by Crippen LogP contribution is -2.09. The molecule has 0 saturated carbocycles. The van der Waals surface area contributed by atoms with E-state index in [0.29, 0.717) is 59.5 Å². The summed E-state index contributed by atoms with van der Waals surface area (Å²) in [4.78, 5) is 18.4. The van der Waals surface area contributed by atoms with Crippen LogP contribution < -0.4 is 19.5 Å². The van der Waals surface area contributed by atoms with E-state index in [4.69, 9.17) is 24.3 Å². The number of aromatic nitrogens is 5. The van der Waals surface area contributed by atoms with Gasteiger partial charge in [0.25, 0.3) is 0 Å². The van der Waals surface area contributed by atoms with Gasteiger partial charge in [-0.25, -0.2) is 9.97 Å². The SMILES string of the molecule is COc1ccc(CNc2nc(Cc3ccc(OC)c(OC)c3)n(-c3cc(C#CC4=CC(C)CC=N4)nc(C)n3)n2)cc1. The summed E-state index contributed by atoms with van der Waals surface area (Å²) in [7, 11) is 4.88. The summed E-state index contributed by atoms with van der Waals surface area (Å²) in [5.74, 6) is 11.1. The Morgan fingerprint density at radius 2 is 1.69 bits per heavy atom. The van der Waals surface area contributed by atoms with Crippen LogP contribution in [-0.4, -0.2) is 52.3 Å². The van der Waals surface area contributed by atoms with Gasteiger partial charge in [-0.3, -0.25) is 4.99 Å². The zero-order valence-electron chi connectivity index (χ0n) is 24.4. The first-order chi connectivity index (χ1) is 20.4. The van der Waals surface area contributed by atoms with Crippen LogP contribution in [0.1, 0.15) is 41.8 Å². The van der Waals surface area contributed by atoms with E-state index < -0.39 is 0 Å². The van der Waals surface area contributed by atoms with E-state index in [0.717, 1.165) is 29.0 Å². The van der Waals surface area contributed by atoms with Crippen molar-refractivity contribution in [3.8, 4) is 34.9 Å². The fourth-order valence-corrected chi connectivity index (χ4v) is 4.44. The minimum Gasteiger partial charge on any atom is -0.497 e. The molecular formula is C32H33N7O3. The molecule has 0 radical (unpaired) electrons. The maximum atomic E-state index is 5.51. The number of allylic oxidation sites excluding steroid dienone is 2. The molecule has 5 rings (SSSR count). The second-order valence-corrected chi connectivity index (χ2v) is 9.82. The molecule has 2 aromatic heterocycles. The molecule has 4 aromatic rings. The molecule has 1 atom stereocenters. The van der Waals surface area contributed by atoms with Gasteiger partial charge in [-0.05, 0) is 72.6 Å². The van der Waals surface area contributed by atoms with Crippen LogP contribution in [0.5, 0.6) is 17.2 Å². The monoisotopic (exact) mass is 563 g/mol. The molecule has 10 nitrogen and oxygen atoms in total. The van der Waals surface area contributed by atoms with E-state index >= 15 is 0 Å². The van der Waals surface area contributed by atoms with Crippen LogP contribution in [0, 0.1) is 24.7 Å². The van der Waals surface area contributed by atoms with Crippen molar-refractivity contribution >= 4 is 12.2 Å². The summed E-state index contributed by atoms with van der Waals surface area (Å²) >= 11 is 0. The number of nitrogens with zero attached hydrogens (tertiary/aromatic N) is 6. The van der Waals surface area contributed by atoms with Crippen LogP contribution in [0.25, 0.3) is 5.82 Å². The molecule has 1 unspecified atom stereocenters. The van der Waals surface area contributed by atoms with E-state index in [2.05, 4.69) is 45.1 Å². The minimum absolute atomic E-state index is 0.410. The van der Waals surface area contributed by atoms with Crippen molar-refractivity contribution < 1.29 is 14.2 Å². The highest BCUT2D eigenvalue weighted by Gasteiger charge is 2.16. The Morgan fingerprint density at radius 1 is 0.905 bits per heavy atom. The van der Waals surface area contributed by atoms with E-state index in [1.165, 1.54) is 0 Å². The third kappa shape index (κ3) is 6.93. The summed E-state index contributed by atoms with van der Waals surface area (Å²) in [5.41, 5.74) is 3.36. The maximum absolute atomic E-state index is 5.51. The van der Waals surface area contributed by atoms with Crippen molar-refractivity contribution in [1.82, 2.24) is 24.7 Å². The summed E-state index contributed by atoms with van der Waals surface area (Å²) in [5, 5.41) is 8.12. The first-order valence-corrected chi connectivity index (χ1v) is 13.6. The Hall–Kier alpha value is -5.17. The summed E-state index contributed by atoms with van der Waals surface area (Å²) < 4.78 is 17.9. The molecule has 3 heterocycles. The molecule has 1 aliphatic heterocycles. The molecule has 1 N–H and O–H groups in total. The van der Waals surface area contributed by atoms with E-state index in [1.54, 1.807) is 26.0 Å². The third-order valence-electron chi connectivity index (χ3n) is 6.60. The number of methoxy groups -OCH3 is 3. The molecule has 0 fully saturated rings. The zero-order valence-corrected chi connectivity index (χ0v) is 24.4. The Kier molecular flexibility index (Phi) is 8.78. The second-order valence-electron chi connectivity index (χ2n) is 9.82. The van der Waals surface area contributed by atoms with Crippen LogP contribution in [0.2, 0.25) is 0 Å². The number of anilines is 1. The predicted octanol–water partition coefficient (Wildman–Crippen LogP) is 4.94. The smallest absolute Gasteiger partial charge is 0.243 e. The number of ether oxygens (including phenoxy) is 3. The number of aliphatic imine (C=N–C) groups is 1. The van der Waals surface area contributed by atoms with E-state index in [1.807, 2.05) is 61.7 Å². The minimum atomic E-state index is 0.410. The van der Waals surface area contributed by atoms with Gasteiger partial charge in [0.15, 0.2) is 17.3 Å². The number of aryl methyl sites for hydroxylation is 1. The molecule has 214 valence electrons. The Bertz CT molecular complexity index is 1680. The van der Waals surface area contributed by atoms with Crippen LogP contribution in [-0.2, 0) is 13.0 Å². The summed E-state index contributed by atoms with van der Waals surface area (Å²) in [6, 6.07) is 15.5. The van der Waals surface area contributed by atoms with Gasteiger partial charge in [0.05, 0.1) is 21.3 Å². The van der Waals surface area contributed by atoms with Gasteiger partial charge in [0.1, 0.15) is 28.8 Å². The quantitative estimate of drug-likeness (QED) is 0.285. The topological polar surface area (TPSA) is 109 Å². The van der Waals surface area contributed by atoms with Crippen molar-refractivity contribution in [2.45, 2.75) is 33.2 Å². The standard InChI is InChI=1S/C32H33N7O3/c1-21-14-15-33-25(16-21)9-10-26-19-31(36-22(2)35-26)39-30(18-24-8-13-28(41-4)29(17-24)42-5)37-32(38-39)34-20-23-6-11-27(40-3)12-7-23/h6-8,11-13,15-17,19,21H,14,18,20H2,1-5H3,(H,34,38). The highest BCUT2D eigenvalue weighted by Crippen LogP contribution is 2.29. The third-order valence-corrected chi connectivity index (χ3v) is 6.60. The molecule has 0 bridgehead atoms. The average Bonchev–Trinajstić information content (AvgIpc) is 3.41. The van der Waals surface area contributed by atoms with Crippen LogP contribution in [0.4, 0.5) is 5.95 Å². The predicted molar refractivity (Wildman–Crippen MR) is 162 cm³/mol. The molecule has 0 spiro atoms. The van der Waals surface area contributed by atoms with Gasteiger partial charge in [-0.2, -0.15) is 9.67 Å². The first kappa shape index (κ1) is 28.4. The first-order valence-electron chi connectivity index (χ1n) is 13.6. The van der Waals surface area contributed by atoms with Gasteiger partial charge in [0.2, 0.25) is 5.95 Å². The molecule has 0 saturated heterocycles. The average molecular weight is 564 g/mol. The zero-order chi connectivity index (χ0) is 29.5. The van der Waals surface area contributed by atoms with E-state index in [9.17, 15) is 0 Å². The molecular weight excluding hydrogens is 530 g/mol. The van der Waals surface area contributed by atoms with Crippen LogP contribution >= 0.6 is 0 Å². The highest BCUT2D eigenvalue weighted by molar-refractivity contribution is 5.63. The highest BCUT2D eigenvalue weighted by atomic mass is 16.5. The van der Waals surface area contributed by atoms with E-state index in [-0.39, 0.29) is 0 Å². The van der Waals surface area contributed by atoms with Crippen molar-refractivity contribution in [1.29, 1.82) is 0 Å². The van der Waals surface area contributed by atoms with Gasteiger partial charge in [-0.15, -0.1) is 5.10 Å². The Morgan fingerprint density at radius 3 is 2.43 bits per heavy atom. The van der Waals surface area contributed by atoms with Crippen LogP contribution in [0.15, 0.2) is 65.3 Å². The number of nitrogens with one attached hydrogen (secondary N) is 1. The van der Waals surface area contributed by atoms with Crippen molar-refractivity contribution in [3.05, 3.63) is 88.8 Å². The molecule has 10 heteroatoms. The molecule has 0 aliphatic carbocycles. The van der Waals surface area contributed by atoms with Crippen molar-refractivity contribution in [3.63, 3.8) is 0 Å². The lowest BCUT2D eigenvalue weighted by atomic mass is 10.1. The van der Waals surface area contributed by atoms with Gasteiger partial charge >= 0.3 is 0 Å².